The molecule has 3 N–H and O–H groups in total. The summed E-state index contributed by atoms with van der Waals surface area (Å²) in [6.07, 6.45) is 5.97. The van der Waals surface area contributed by atoms with E-state index in [2.05, 4.69) is 5.32 Å². The standard InChI is InChI=1S/C16H23FN2O.ClH/c1-11-9-13(17)7-8-14(11)16(20)19-15(10-18)12-5-3-2-4-6-12;/h7-9,12,15H,2-6,10,18H2,1H3,(H,19,20);1H. The summed E-state index contributed by atoms with van der Waals surface area (Å²) in [4.78, 5) is 12.3. The third-order valence-electron chi connectivity index (χ3n) is 4.22. The van der Waals surface area contributed by atoms with E-state index in [1.807, 2.05) is 0 Å². The zero-order chi connectivity index (χ0) is 14.5. The maximum absolute atomic E-state index is 13.1. The number of nitrogens with two attached hydrogens (primary N) is 1. The maximum Gasteiger partial charge on any atom is 0.251 e. The Hall–Kier alpha value is -1.13. The van der Waals surface area contributed by atoms with Gasteiger partial charge in [0, 0.05) is 18.2 Å². The van der Waals surface area contributed by atoms with Crippen molar-refractivity contribution < 1.29 is 9.18 Å². The molecule has 1 aliphatic rings. The van der Waals surface area contributed by atoms with Gasteiger partial charge in [0.2, 0.25) is 0 Å². The monoisotopic (exact) mass is 314 g/mol. The summed E-state index contributed by atoms with van der Waals surface area (Å²) < 4.78 is 13.1. The number of aryl methyl sites for hydroxylation is 1. The minimum Gasteiger partial charge on any atom is -0.348 e. The first-order chi connectivity index (χ1) is 9.61. The molecule has 1 fully saturated rings. The first kappa shape index (κ1) is 17.9. The smallest absolute Gasteiger partial charge is 0.251 e. The number of halogens is 2. The molecule has 1 aromatic carbocycles. The van der Waals surface area contributed by atoms with Gasteiger partial charge in [-0.15, -0.1) is 12.4 Å². The van der Waals surface area contributed by atoms with Crippen molar-refractivity contribution in [1.29, 1.82) is 0 Å². The molecule has 0 aliphatic heterocycles. The number of hydrogen-bond acceptors (Lipinski definition) is 2. The van der Waals surface area contributed by atoms with E-state index < -0.39 is 0 Å². The van der Waals surface area contributed by atoms with E-state index in [0.717, 1.165) is 12.8 Å². The number of rotatable bonds is 4. The summed E-state index contributed by atoms with van der Waals surface area (Å²) in [5, 5.41) is 3.03. The summed E-state index contributed by atoms with van der Waals surface area (Å²) in [6.45, 7) is 2.20. The van der Waals surface area contributed by atoms with Crippen LogP contribution in [-0.4, -0.2) is 18.5 Å². The first-order valence-electron chi connectivity index (χ1n) is 7.39. The Morgan fingerprint density at radius 1 is 1.38 bits per heavy atom. The molecule has 2 rings (SSSR count). The third-order valence-corrected chi connectivity index (χ3v) is 4.22. The molecule has 0 bridgehead atoms. The predicted molar refractivity (Wildman–Crippen MR) is 85.3 cm³/mol. The van der Waals surface area contributed by atoms with Crippen LogP contribution >= 0.6 is 12.4 Å². The molecule has 1 amide bonds. The number of nitrogens with one attached hydrogen (secondary N) is 1. The van der Waals surface area contributed by atoms with Crippen molar-refractivity contribution >= 4 is 18.3 Å². The maximum atomic E-state index is 13.1. The van der Waals surface area contributed by atoms with Gasteiger partial charge in [-0.3, -0.25) is 4.79 Å². The van der Waals surface area contributed by atoms with Crippen molar-refractivity contribution in [3.63, 3.8) is 0 Å². The Labute approximate surface area is 131 Å². The lowest BCUT2D eigenvalue weighted by Crippen LogP contribution is -2.46. The van der Waals surface area contributed by atoms with Crippen molar-refractivity contribution in [2.75, 3.05) is 6.54 Å². The highest BCUT2D eigenvalue weighted by atomic mass is 35.5. The Morgan fingerprint density at radius 2 is 2.05 bits per heavy atom. The first-order valence-corrected chi connectivity index (χ1v) is 7.39. The Balaban J connectivity index is 0.00000220. The van der Waals surface area contributed by atoms with Crippen molar-refractivity contribution in [2.45, 2.75) is 45.1 Å². The van der Waals surface area contributed by atoms with E-state index in [4.69, 9.17) is 5.73 Å². The van der Waals surface area contributed by atoms with Crippen LogP contribution in [0.1, 0.15) is 48.0 Å². The van der Waals surface area contributed by atoms with Gasteiger partial charge in [-0.25, -0.2) is 4.39 Å². The van der Waals surface area contributed by atoms with E-state index in [0.29, 0.717) is 23.6 Å². The molecule has 1 aromatic rings. The molecular formula is C16H24ClFN2O. The average Bonchev–Trinajstić information content (AvgIpc) is 2.45. The van der Waals surface area contributed by atoms with Gasteiger partial charge in [-0.1, -0.05) is 19.3 Å². The summed E-state index contributed by atoms with van der Waals surface area (Å²) in [6, 6.07) is 4.26. The highest BCUT2D eigenvalue weighted by Crippen LogP contribution is 2.26. The molecule has 0 heterocycles. The van der Waals surface area contributed by atoms with Crippen LogP contribution in [-0.2, 0) is 0 Å². The van der Waals surface area contributed by atoms with E-state index in [9.17, 15) is 9.18 Å². The van der Waals surface area contributed by atoms with Crippen LogP contribution in [0.3, 0.4) is 0 Å². The fourth-order valence-electron chi connectivity index (χ4n) is 3.03. The van der Waals surface area contributed by atoms with Crippen LogP contribution in [0, 0.1) is 18.7 Å². The quantitative estimate of drug-likeness (QED) is 0.896. The molecule has 0 radical (unpaired) electrons. The van der Waals surface area contributed by atoms with Crippen LogP contribution in [0.5, 0.6) is 0 Å². The zero-order valence-corrected chi connectivity index (χ0v) is 13.2. The van der Waals surface area contributed by atoms with Crippen molar-refractivity contribution in [3.8, 4) is 0 Å². The molecule has 3 nitrogen and oxygen atoms in total. The lowest BCUT2D eigenvalue weighted by Gasteiger charge is -2.30. The van der Waals surface area contributed by atoms with Crippen LogP contribution in [0.15, 0.2) is 18.2 Å². The van der Waals surface area contributed by atoms with Crippen LogP contribution in [0.2, 0.25) is 0 Å². The minimum absolute atomic E-state index is 0. The van der Waals surface area contributed by atoms with E-state index in [1.165, 1.54) is 37.5 Å². The SMILES string of the molecule is Cc1cc(F)ccc1C(=O)NC(CN)C1CCCCC1.Cl. The summed E-state index contributed by atoms with van der Waals surface area (Å²) in [7, 11) is 0. The molecule has 1 saturated carbocycles. The molecule has 1 unspecified atom stereocenters. The van der Waals surface area contributed by atoms with Gasteiger partial charge < -0.3 is 11.1 Å². The Morgan fingerprint density at radius 3 is 2.62 bits per heavy atom. The topological polar surface area (TPSA) is 55.1 Å². The lowest BCUT2D eigenvalue weighted by atomic mass is 9.83. The molecule has 1 atom stereocenters. The van der Waals surface area contributed by atoms with Gasteiger partial charge in [0.1, 0.15) is 5.82 Å². The van der Waals surface area contributed by atoms with Gasteiger partial charge in [0.05, 0.1) is 0 Å². The summed E-state index contributed by atoms with van der Waals surface area (Å²) in [5.41, 5.74) is 7.00. The average molecular weight is 315 g/mol. The number of carbonyl (C=O) groups is 1. The molecule has 0 saturated heterocycles. The third kappa shape index (κ3) is 4.68. The largest absolute Gasteiger partial charge is 0.348 e. The molecule has 1 aliphatic carbocycles. The van der Waals surface area contributed by atoms with E-state index in [1.54, 1.807) is 6.92 Å². The Bertz CT molecular complexity index is 475. The van der Waals surface area contributed by atoms with E-state index in [-0.39, 0.29) is 30.2 Å². The highest BCUT2D eigenvalue weighted by Gasteiger charge is 2.24. The second kappa shape index (κ2) is 8.35. The molecule has 118 valence electrons. The second-order valence-corrected chi connectivity index (χ2v) is 5.67. The van der Waals surface area contributed by atoms with Gasteiger partial charge in [0.25, 0.3) is 5.91 Å². The zero-order valence-electron chi connectivity index (χ0n) is 12.4. The highest BCUT2D eigenvalue weighted by molar-refractivity contribution is 5.95. The number of hydrogen-bond donors (Lipinski definition) is 2. The van der Waals surface area contributed by atoms with Crippen LogP contribution in [0.25, 0.3) is 0 Å². The fourth-order valence-corrected chi connectivity index (χ4v) is 3.03. The number of amides is 1. The second-order valence-electron chi connectivity index (χ2n) is 5.67. The van der Waals surface area contributed by atoms with Gasteiger partial charge in [-0.05, 0) is 49.4 Å². The van der Waals surface area contributed by atoms with Crippen molar-refractivity contribution in [1.82, 2.24) is 5.32 Å². The van der Waals surface area contributed by atoms with E-state index >= 15 is 0 Å². The molecule has 5 heteroatoms. The number of carbonyl (C=O) groups excluding carboxylic acids is 1. The number of benzene rings is 1. The molecule has 21 heavy (non-hydrogen) atoms. The Kier molecular flexibility index (Phi) is 7.12. The fraction of sp³-hybridized carbons (Fsp3) is 0.562. The van der Waals surface area contributed by atoms with Gasteiger partial charge in [-0.2, -0.15) is 0 Å². The minimum atomic E-state index is -0.318. The molecule has 0 spiro atoms. The lowest BCUT2D eigenvalue weighted by molar-refractivity contribution is 0.0915. The van der Waals surface area contributed by atoms with Crippen molar-refractivity contribution in [2.24, 2.45) is 11.7 Å². The molecular weight excluding hydrogens is 291 g/mol. The normalized spacial score (nSPS) is 16.9. The summed E-state index contributed by atoms with van der Waals surface area (Å²) >= 11 is 0. The van der Waals surface area contributed by atoms with Crippen molar-refractivity contribution in [3.05, 3.63) is 35.1 Å². The van der Waals surface area contributed by atoms with Gasteiger partial charge in [0.15, 0.2) is 0 Å². The van der Waals surface area contributed by atoms with Crippen LogP contribution < -0.4 is 11.1 Å². The summed E-state index contributed by atoms with van der Waals surface area (Å²) in [5.74, 6) is 0.00341. The van der Waals surface area contributed by atoms with Gasteiger partial charge >= 0.3 is 0 Å². The van der Waals surface area contributed by atoms with Crippen LogP contribution in [0.4, 0.5) is 4.39 Å². The molecule has 0 aromatic heterocycles. The predicted octanol–water partition coefficient (Wildman–Crippen LogP) is 3.19.